The highest BCUT2D eigenvalue weighted by Gasteiger charge is 2.19. The molecule has 0 spiro atoms. The number of hydrogen-bond acceptors (Lipinski definition) is 3. The average molecular weight is 251 g/mol. The minimum Gasteiger partial charge on any atom is -0.508 e. The number of nitrogens with zero attached hydrogens (tertiary/aromatic N) is 1. The summed E-state index contributed by atoms with van der Waals surface area (Å²) in [6.07, 6.45) is -0.550. The van der Waals surface area contributed by atoms with Crippen molar-refractivity contribution in [2.75, 3.05) is 13.1 Å². The number of likely N-dealkylation sites (N-methyl/N-ethyl adjacent to an activating group) is 1. The largest absolute Gasteiger partial charge is 0.508 e. The van der Waals surface area contributed by atoms with Crippen LogP contribution in [0, 0.1) is 6.92 Å². The number of phenolic OH excluding ortho intramolecular Hbond substituents is 1. The minimum absolute atomic E-state index is 0.0407. The molecule has 4 nitrogen and oxygen atoms in total. The average Bonchev–Trinajstić information content (AvgIpc) is 2.28. The fourth-order valence-electron chi connectivity index (χ4n) is 1.84. The van der Waals surface area contributed by atoms with Crippen LogP contribution < -0.4 is 4.74 Å². The van der Waals surface area contributed by atoms with Gasteiger partial charge in [0.1, 0.15) is 11.5 Å². The lowest BCUT2D eigenvalue weighted by Gasteiger charge is -2.23. The van der Waals surface area contributed by atoms with Crippen LogP contribution in [0.25, 0.3) is 0 Å². The third-order valence-corrected chi connectivity index (χ3v) is 2.77. The molecular formula is C14H21NO3. The van der Waals surface area contributed by atoms with Gasteiger partial charge in [0.15, 0.2) is 6.10 Å². The van der Waals surface area contributed by atoms with Gasteiger partial charge in [-0.05, 0) is 45.4 Å². The van der Waals surface area contributed by atoms with E-state index < -0.39 is 6.10 Å². The van der Waals surface area contributed by atoms with Crippen molar-refractivity contribution in [2.24, 2.45) is 0 Å². The van der Waals surface area contributed by atoms with Gasteiger partial charge in [-0.15, -0.1) is 0 Å². The Hall–Kier alpha value is -1.71. The van der Waals surface area contributed by atoms with Crippen LogP contribution in [-0.2, 0) is 4.79 Å². The number of carbonyl (C=O) groups is 1. The molecule has 18 heavy (non-hydrogen) atoms. The van der Waals surface area contributed by atoms with Crippen molar-refractivity contribution in [3.63, 3.8) is 0 Å². The molecule has 0 heterocycles. The molecule has 1 unspecified atom stereocenters. The van der Waals surface area contributed by atoms with Gasteiger partial charge in [0.2, 0.25) is 0 Å². The highest BCUT2D eigenvalue weighted by atomic mass is 16.5. The van der Waals surface area contributed by atoms with Crippen molar-refractivity contribution >= 4 is 5.91 Å². The fourth-order valence-corrected chi connectivity index (χ4v) is 1.84. The van der Waals surface area contributed by atoms with Crippen LogP contribution in [0.2, 0.25) is 0 Å². The topological polar surface area (TPSA) is 49.8 Å². The number of phenols is 1. The first-order chi connectivity index (χ1) is 8.47. The summed E-state index contributed by atoms with van der Waals surface area (Å²) >= 11 is 0. The van der Waals surface area contributed by atoms with Crippen molar-refractivity contribution in [3.8, 4) is 11.5 Å². The van der Waals surface area contributed by atoms with E-state index in [1.807, 2.05) is 20.8 Å². The highest BCUT2D eigenvalue weighted by Crippen LogP contribution is 2.22. The number of aromatic hydroxyl groups is 1. The highest BCUT2D eigenvalue weighted by molar-refractivity contribution is 5.80. The van der Waals surface area contributed by atoms with Crippen molar-refractivity contribution < 1.29 is 14.6 Å². The first kappa shape index (κ1) is 14.4. The molecule has 1 aromatic rings. The summed E-state index contributed by atoms with van der Waals surface area (Å²) in [7, 11) is 0. The molecule has 1 atom stereocenters. The summed E-state index contributed by atoms with van der Waals surface area (Å²) in [6.45, 7) is 8.80. The zero-order chi connectivity index (χ0) is 13.7. The Balaban J connectivity index is 2.74. The predicted octanol–water partition coefficient (Wildman–Crippen LogP) is 2.34. The molecule has 0 radical (unpaired) electrons. The van der Waals surface area contributed by atoms with Crippen LogP contribution >= 0.6 is 0 Å². The maximum Gasteiger partial charge on any atom is 0.263 e. The lowest BCUT2D eigenvalue weighted by atomic mass is 10.2. The van der Waals surface area contributed by atoms with E-state index >= 15 is 0 Å². The molecule has 0 aliphatic carbocycles. The van der Waals surface area contributed by atoms with Gasteiger partial charge in [-0.1, -0.05) is 0 Å². The van der Waals surface area contributed by atoms with E-state index in [-0.39, 0.29) is 11.7 Å². The Kier molecular flexibility index (Phi) is 5.01. The van der Waals surface area contributed by atoms with E-state index in [0.29, 0.717) is 18.8 Å². The Morgan fingerprint density at radius 1 is 1.33 bits per heavy atom. The number of amides is 1. The van der Waals surface area contributed by atoms with Gasteiger partial charge in [-0.2, -0.15) is 0 Å². The van der Waals surface area contributed by atoms with Crippen molar-refractivity contribution in [2.45, 2.75) is 33.8 Å². The third kappa shape index (κ3) is 3.65. The molecule has 0 aromatic heterocycles. The minimum atomic E-state index is -0.550. The smallest absolute Gasteiger partial charge is 0.263 e. The third-order valence-electron chi connectivity index (χ3n) is 2.77. The molecule has 0 fully saturated rings. The maximum absolute atomic E-state index is 12.0. The van der Waals surface area contributed by atoms with Crippen molar-refractivity contribution in [1.29, 1.82) is 0 Å². The van der Waals surface area contributed by atoms with E-state index in [4.69, 9.17) is 4.74 Å². The van der Waals surface area contributed by atoms with Crippen LogP contribution in [0.4, 0.5) is 0 Å². The first-order valence-electron chi connectivity index (χ1n) is 6.24. The predicted molar refractivity (Wildman–Crippen MR) is 70.9 cm³/mol. The summed E-state index contributed by atoms with van der Waals surface area (Å²) in [5, 5.41) is 9.47. The van der Waals surface area contributed by atoms with Gasteiger partial charge < -0.3 is 14.7 Å². The Morgan fingerprint density at radius 2 is 1.94 bits per heavy atom. The quantitative estimate of drug-likeness (QED) is 0.873. The number of benzene rings is 1. The zero-order valence-electron chi connectivity index (χ0n) is 11.4. The molecule has 1 amide bonds. The van der Waals surface area contributed by atoms with E-state index in [0.717, 1.165) is 5.56 Å². The number of aryl methyl sites for hydroxylation is 1. The standard InChI is InChI=1S/C14H21NO3/c1-5-15(6-2)14(17)11(4)18-13-8-10(3)7-12(16)9-13/h7-9,11,16H,5-6H2,1-4H3. The molecule has 100 valence electrons. The second-order valence-corrected chi connectivity index (χ2v) is 4.27. The molecule has 0 saturated heterocycles. The number of rotatable bonds is 5. The molecule has 0 bridgehead atoms. The van der Waals surface area contributed by atoms with Crippen LogP contribution in [0.15, 0.2) is 18.2 Å². The molecule has 1 rings (SSSR count). The van der Waals surface area contributed by atoms with E-state index in [1.165, 1.54) is 6.07 Å². The van der Waals surface area contributed by atoms with E-state index in [9.17, 15) is 9.90 Å². The van der Waals surface area contributed by atoms with E-state index in [2.05, 4.69) is 0 Å². The number of hydrogen-bond donors (Lipinski definition) is 1. The SMILES string of the molecule is CCN(CC)C(=O)C(C)Oc1cc(C)cc(O)c1. The number of carbonyl (C=O) groups excluding carboxylic acids is 1. The second-order valence-electron chi connectivity index (χ2n) is 4.27. The normalized spacial score (nSPS) is 12.0. The van der Waals surface area contributed by atoms with Crippen LogP contribution in [-0.4, -0.2) is 35.1 Å². The van der Waals surface area contributed by atoms with Gasteiger partial charge in [0.05, 0.1) is 0 Å². The lowest BCUT2D eigenvalue weighted by molar-refractivity contribution is -0.137. The van der Waals surface area contributed by atoms with Gasteiger partial charge in [0, 0.05) is 19.2 Å². The number of ether oxygens (including phenoxy) is 1. The van der Waals surface area contributed by atoms with Crippen molar-refractivity contribution in [3.05, 3.63) is 23.8 Å². The summed E-state index contributed by atoms with van der Waals surface area (Å²) < 4.78 is 5.57. The summed E-state index contributed by atoms with van der Waals surface area (Å²) in [5.74, 6) is 0.619. The molecular weight excluding hydrogens is 230 g/mol. The first-order valence-corrected chi connectivity index (χ1v) is 6.24. The van der Waals surface area contributed by atoms with E-state index in [1.54, 1.807) is 24.0 Å². The Labute approximate surface area is 108 Å². The Morgan fingerprint density at radius 3 is 2.44 bits per heavy atom. The van der Waals surface area contributed by atoms with Crippen LogP contribution in [0.1, 0.15) is 26.3 Å². The maximum atomic E-state index is 12.0. The van der Waals surface area contributed by atoms with Crippen LogP contribution in [0.3, 0.4) is 0 Å². The van der Waals surface area contributed by atoms with Gasteiger partial charge in [-0.25, -0.2) is 0 Å². The van der Waals surface area contributed by atoms with Gasteiger partial charge in [-0.3, -0.25) is 4.79 Å². The molecule has 4 heteroatoms. The van der Waals surface area contributed by atoms with Gasteiger partial charge in [0.25, 0.3) is 5.91 Å². The molecule has 1 N–H and O–H groups in total. The summed E-state index contributed by atoms with van der Waals surface area (Å²) in [6, 6.07) is 4.95. The molecule has 0 aliphatic rings. The zero-order valence-corrected chi connectivity index (χ0v) is 11.4. The monoisotopic (exact) mass is 251 g/mol. The van der Waals surface area contributed by atoms with Gasteiger partial charge >= 0.3 is 0 Å². The Bertz CT molecular complexity index is 393. The summed E-state index contributed by atoms with van der Waals surface area (Å²) in [5.41, 5.74) is 0.896. The summed E-state index contributed by atoms with van der Waals surface area (Å²) in [4.78, 5) is 13.7. The van der Waals surface area contributed by atoms with Crippen molar-refractivity contribution in [1.82, 2.24) is 4.90 Å². The lowest BCUT2D eigenvalue weighted by Crippen LogP contribution is -2.40. The second kappa shape index (κ2) is 6.28. The van der Waals surface area contributed by atoms with Crippen LogP contribution in [0.5, 0.6) is 11.5 Å². The molecule has 0 saturated carbocycles. The fraction of sp³-hybridized carbons (Fsp3) is 0.500. The molecule has 1 aromatic carbocycles. The molecule has 0 aliphatic heterocycles.